The molecule has 0 spiro atoms. The molecule has 0 aliphatic heterocycles. The highest BCUT2D eigenvalue weighted by Gasteiger charge is 2.43. The minimum absolute atomic E-state index is 0.352. The van der Waals surface area contributed by atoms with Crippen LogP contribution in [0.5, 0.6) is 0 Å². The van der Waals surface area contributed by atoms with Gasteiger partial charge in [-0.05, 0) is 44.9 Å². The van der Waals surface area contributed by atoms with Crippen molar-refractivity contribution < 1.29 is 0 Å². The second-order valence-electron chi connectivity index (χ2n) is 5.29. The van der Waals surface area contributed by atoms with Crippen LogP contribution in [0, 0.1) is 5.41 Å². The van der Waals surface area contributed by atoms with Gasteiger partial charge in [0.1, 0.15) is 0 Å². The maximum absolute atomic E-state index is 3.80. The zero-order valence-corrected chi connectivity index (χ0v) is 9.91. The van der Waals surface area contributed by atoms with Crippen LogP contribution >= 0.6 is 0 Å². The molecule has 13 heavy (non-hydrogen) atoms. The topological polar surface area (TPSA) is 12.0 Å². The van der Waals surface area contributed by atoms with E-state index in [0.717, 1.165) is 0 Å². The van der Waals surface area contributed by atoms with Gasteiger partial charge in [0.25, 0.3) is 0 Å². The fourth-order valence-electron chi connectivity index (χ4n) is 1.78. The lowest BCUT2D eigenvalue weighted by atomic mass is 9.91. The highest BCUT2D eigenvalue weighted by atomic mass is 15.0. The third kappa shape index (κ3) is 2.46. The van der Waals surface area contributed by atoms with Crippen LogP contribution in [0.15, 0.2) is 0 Å². The van der Waals surface area contributed by atoms with Crippen molar-refractivity contribution in [3.63, 3.8) is 0 Å². The first-order chi connectivity index (χ1) is 5.96. The third-order valence-corrected chi connectivity index (χ3v) is 4.21. The van der Waals surface area contributed by atoms with Gasteiger partial charge in [-0.3, -0.25) is 0 Å². The molecule has 1 N–H and O–H groups in total. The molecule has 0 heterocycles. The summed E-state index contributed by atoms with van der Waals surface area (Å²) in [5.41, 5.74) is 0.955. The van der Waals surface area contributed by atoms with Gasteiger partial charge in [0, 0.05) is 11.6 Å². The highest BCUT2D eigenvalue weighted by Crippen LogP contribution is 2.48. The molecule has 0 bridgehead atoms. The Kier molecular flexibility index (Phi) is 3.06. The number of hydrogen-bond donors (Lipinski definition) is 1. The Morgan fingerprint density at radius 3 is 2.08 bits per heavy atom. The van der Waals surface area contributed by atoms with E-state index < -0.39 is 0 Å². The van der Waals surface area contributed by atoms with Crippen molar-refractivity contribution in [1.29, 1.82) is 0 Å². The van der Waals surface area contributed by atoms with E-state index in [2.05, 4.69) is 39.9 Å². The van der Waals surface area contributed by atoms with Crippen molar-refractivity contribution >= 4 is 0 Å². The molecular weight excluding hydrogens is 158 g/mol. The van der Waals surface area contributed by atoms with Gasteiger partial charge in [-0.2, -0.15) is 0 Å². The van der Waals surface area contributed by atoms with E-state index >= 15 is 0 Å². The monoisotopic (exact) mass is 183 g/mol. The summed E-state index contributed by atoms with van der Waals surface area (Å²) in [5.74, 6) is 0. The molecule has 1 nitrogen and oxygen atoms in total. The Morgan fingerprint density at radius 1 is 1.31 bits per heavy atom. The Hall–Kier alpha value is -0.0400. The van der Waals surface area contributed by atoms with Gasteiger partial charge in [0.2, 0.25) is 0 Å². The molecule has 0 saturated heterocycles. The molecule has 0 aromatic carbocycles. The van der Waals surface area contributed by atoms with Gasteiger partial charge < -0.3 is 5.32 Å². The second-order valence-corrected chi connectivity index (χ2v) is 5.29. The van der Waals surface area contributed by atoms with Crippen LogP contribution in [0.4, 0.5) is 0 Å². The Bertz CT molecular complexity index is 166. The molecule has 0 aromatic heterocycles. The summed E-state index contributed by atoms with van der Waals surface area (Å²) in [7, 11) is 0. The molecule has 1 heteroatoms. The number of nitrogens with one attached hydrogen (secondary N) is 1. The van der Waals surface area contributed by atoms with Crippen molar-refractivity contribution in [2.75, 3.05) is 0 Å². The second kappa shape index (κ2) is 3.61. The average molecular weight is 183 g/mol. The van der Waals surface area contributed by atoms with E-state index in [1.165, 1.54) is 25.7 Å². The zero-order chi connectivity index (χ0) is 10.1. The fourth-order valence-corrected chi connectivity index (χ4v) is 1.78. The maximum atomic E-state index is 3.80. The van der Waals surface area contributed by atoms with Crippen LogP contribution in [0.1, 0.15) is 60.3 Å². The molecule has 1 aliphatic rings. The molecule has 1 unspecified atom stereocenters. The van der Waals surface area contributed by atoms with E-state index in [1.807, 2.05) is 0 Å². The van der Waals surface area contributed by atoms with E-state index in [-0.39, 0.29) is 0 Å². The number of hydrogen-bond acceptors (Lipinski definition) is 1. The Morgan fingerprint density at radius 2 is 1.77 bits per heavy atom. The van der Waals surface area contributed by atoms with Gasteiger partial charge in [0.15, 0.2) is 0 Å². The highest BCUT2D eigenvalue weighted by molar-refractivity contribution is 4.99. The summed E-state index contributed by atoms with van der Waals surface area (Å²) in [6, 6.07) is 0.678. The van der Waals surface area contributed by atoms with Crippen molar-refractivity contribution in [3.8, 4) is 0 Å². The largest absolute Gasteiger partial charge is 0.309 e. The Balaban J connectivity index is 2.46. The van der Waals surface area contributed by atoms with Crippen LogP contribution in [0.2, 0.25) is 0 Å². The predicted octanol–water partition coefficient (Wildman–Crippen LogP) is 3.34. The van der Waals surface area contributed by atoms with Gasteiger partial charge in [-0.15, -0.1) is 0 Å². The lowest BCUT2D eigenvalue weighted by Gasteiger charge is -2.35. The number of rotatable bonds is 5. The van der Waals surface area contributed by atoms with Crippen LogP contribution < -0.4 is 5.32 Å². The van der Waals surface area contributed by atoms with Crippen molar-refractivity contribution in [2.45, 2.75) is 71.9 Å². The van der Waals surface area contributed by atoms with Crippen molar-refractivity contribution in [1.82, 2.24) is 5.32 Å². The standard InChI is InChI=1S/C12H25N/c1-6-12(5,7-2)13-10(3)11(4)8-9-11/h10,13H,6-9H2,1-5H3. The molecule has 1 atom stereocenters. The molecule has 1 saturated carbocycles. The van der Waals surface area contributed by atoms with Gasteiger partial charge in [0.05, 0.1) is 0 Å². The summed E-state index contributed by atoms with van der Waals surface area (Å²) in [6.45, 7) is 11.6. The van der Waals surface area contributed by atoms with Crippen LogP contribution in [0.3, 0.4) is 0 Å². The fraction of sp³-hybridized carbons (Fsp3) is 1.00. The minimum Gasteiger partial charge on any atom is -0.309 e. The summed E-state index contributed by atoms with van der Waals surface area (Å²) in [6.07, 6.45) is 5.27. The van der Waals surface area contributed by atoms with Crippen LogP contribution in [0.25, 0.3) is 0 Å². The molecule has 1 rings (SSSR count). The first kappa shape index (κ1) is 11.0. The third-order valence-electron chi connectivity index (χ3n) is 4.21. The van der Waals surface area contributed by atoms with E-state index in [0.29, 0.717) is 17.0 Å². The molecule has 78 valence electrons. The summed E-state index contributed by atoms with van der Waals surface area (Å²) in [5, 5.41) is 3.80. The van der Waals surface area contributed by atoms with Gasteiger partial charge in [-0.1, -0.05) is 20.8 Å². The predicted molar refractivity (Wildman–Crippen MR) is 58.9 cm³/mol. The quantitative estimate of drug-likeness (QED) is 0.689. The lowest BCUT2D eigenvalue weighted by Crippen LogP contribution is -2.49. The molecule has 1 aliphatic carbocycles. The van der Waals surface area contributed by atoms with E-state index in [4.69, 9.17) is 0 Å². The summed E-state index contributed by atoms with van der Waals surface area (Å²) >= 11 is 0. The average Bonchev–Trinajstić information content (AvgIpc) is 2.85. The molecule has 0 aromatic rings. The minimum atomic E-state index is 0.352. The summed E-state index contributed by atoms with van der Waals surface area (Å²) in [4.78, 5) is 0. The van der Waals surface area contributed by atoms with E-state index in [1.54, 1.807) is 0 Å². The molecule has 1 fully saturated rings. The first-order valence-electron chi connectivity index (χ1n) is 5.73. The van der Waals surface area contributed by atoms with Crippen LogP contribution in [-0.4, -0.2) is 11.6 Å². The Labute approximate surface area is 83.3 Å². The maximum Gasteiger partial charge on any atom is 0.0150 e. The van der Waals surface area contributed by atoms with Gasteiger partial charge in [-0.25, -0.2) is 0 Å². The first-order valence-corrected chi connectivity index (χ1v) is 5.73. The smallest absolute Gasteiger partial charge is 0.0150 e. The van der Waals surface area contributed by atoms with Crippen LogP contribution in [-0.2, 0) is 0 Å². The van der Waals surface area contributed by atoms with Gasteiger partial charge >= 0.3 is 0 Å². The lowest BCUT2D eigenvalue weighted by molar-refractivity contribution is 0.247. The van der Waals surface area contributed by atoms with Crippen molar-refractivity contribution in [3.05, 3.63) is 0 Å². The summed E-state index contributed by atoms with van der Waals surface area (Å²) < 4.78 is 0. The van der Waals surface area contributed by atoms with E-state index in [9.17, 15) is 0 Å². The van der Waals surface area contributed by atoms with Crippen molar-refractivity contribution in [2.24, 2.45) is 5.41 Å². The molecule has 0 radical (unpaired) electrons. The zero-order valence-electron chi connectivity index (χ0n) is 9.91. The molecular formula is C12H25N. The normalized spacial score (nSPS) is 22.8. The molecule has 0 amide bonds. The SMILES string of the molecule is CCC(C)(CC)NC(C)C1(C)CC1.